The molecule has 1 aliphatic heterocycles. The number of nitrogens with one attached hydrogen (secondary N) is 1. The average molecular weight is 306 g/mol. The van der Waals surface area contributed by atoms with Crippen LogP contribution in [0.5, 0.6) is 5.75 Å². The molecule has 0 unspecified atom stereocenters. The van der Waals surface area contributed by atoms with E-state index in [0.717, 1.165) is 17.7 Å². The minimum atomic E-state index is -0.157. The third-order valence-electron chi connectivity index (χ3n) is 3.64. The van der Waals surface area contributed by atoms with Gasteiger partial charge in [0.1, 0.15) is 17.3 Å². The van der Waals surface area contributed by atoms with Crippen molar-refractivity contribution in [3.8, 4) is 5.75 Å². The molecule has 0 spiro atoms. The highest BCUT2D eigenvalue weighted by Gasteiger charge is 2.19. The monoisotopic (exact) mass is 306 g/mol. The van der Waals surface area contributed by atoms with E-state index in [4.69, 9.17) is 4.74 Å². The summed E-state index contributed by atoms with van der Waals surface area (Å²) in [6, 6.07) is 17.7. The average Bonchev–Trinajstić information content (AvgIpc) is 2.94. The van der Waals surface area contributed by atoms with E-state index in [1.807, 2.05) is 42.5 Å². The van der Waals surface area contributed by atoms with Gasteiger partial charge in [-0.25, -0.2) is 4.99 Å². The van der Waals surface area contributed by atoms with Crippen molar-refractivity contribution in [2.24, 2.45) is 4.99 Å². The fourth-order valence-corrected chi connectivity index (χ4v) is 2.43. The van der Waals surface area contributed by atoms with Crippen molar-refractivity contribution in [2.75, 3.05) is 7.11 Å². The molecule has 0 bridgehead atoms. The number of aryl methyl sites for hydroxylation is 1. The van der Waals surface area contributed by atoms with Gasteiger partial charge in [0.2, 0.25) is 0 Å². The highest BCUT2D eigenvalue weighted by Crippen LogP contribution is 2.18. The van der Waals surface area contributed by atoms with Crippen molar-refractivity contribution < 1.29 is 9.53 Å². The zero-order valence-electron chi connectivity index (χ0n) is 13.0. The first-order valence-electron chi connectivity index (χ1n) is 7.53. The Hall–Kier alpha value is -2.88. The number of amidine groups is 1. The minimum Gasteiger partial charge on any atom is -0.497 e. The number of nitrogens with zero attached hydrogens (tertiary/aromatic N) is 1. The first-order chi connectivity index (χ1) is 11.2. The van der Waals surface area contributed by atoms with Crippen LogP contribution in [0, 0.1) is 0 Å². The Bertz CT molecular complexity index is 764. The fraction of sp³-hybridized carbons (Fsp3) is 0.158. The summed E-state index contributed by atoms with van der Waals surface area (Å²) in [5.41, 5.74) is 2.55. The van der Waals surface area contributed by atoms with Crippen LogP contribution in [0.1, 0.15) is 17.5 Å². The van der Waals surface area contributed by atoms with Crippen molar-refractivity contribution in [1.82, 2.24) is 5.32 Å². The van der Waals surface area contributed by atoms with Gasteiger partial charge >= 0.3 is 0 Å². The maximum atomic E-state index is 12.0. The number of rotatable bonds is 5. The summed E-state index contributed by atoms with van der Waals surface area (Å²) in [6.45, 7) is 0. The summed E-state index contributed by atoms with van der Waals surface area (Å²) in [4.78, 5) is 16.4. The third kappa shape index (κ3) is 3.86. The van der Waals surface area contributed by atoms with Gasteiger partial charge in [0, 0.05) is 6.42 Å². The van der Waals surface area contributed by atoms with E-state index >= 15 is 0 Å². The number of aliphatic imine (C=N–C) groups is 1. The Kier molecular flexibility index (Phi) is 4.52. The summed E-state index contributed by atoms with van der Waals surface area (Å²) < 4.78 is 5.19. The maximum absolute atomic E-state index is 12.0. The number of amides is 1. The number of methoxy groups -OCH3 is 1. The number of carbonyl (C=O) groups excluding carboxylic acids is 1. The minimum absolute atomic E-state index is 0.157. The lowest BCUT2D eigenvalue weighted by atomic mass is 10.1. The van der Waals surface area contributed by atoms with E-state index in [2.05, 4.69) is 22.4 Å². The van der Waals surface area contributed by atoms with Crippen molar-refractivity contribution >= 4 is 17.8 Å². The van der Waals surface area contributed by atoms with Crippen molar-refractivity contribution in [1.29, 1.82) is 0 Å². The van der Waals surface area contributed by atoms with Crippen LogP contribution in [0.4, 0.5) is 0 Å². The molecule has 4 nitrogen and oxygen atoms in total. The first-order valence-corrected chi connectivity index (χ1v) is 7.53. The Labute approximate surface area is 135 Å². The van der Waals surface area contributed by atoms with Crippen LogP contribution in [-0.4, -0.2) is 18.9 Å². The number of carbonyl (C=O) groups is 1. The predicted octanol–water partition coefficient (Wildman–Crippen LogP) is 3.20. The molecule has 1 amide bonds. The highest BCUT2D eigenvalue weighted by molar-refractivity contribution is 6.14. The highest BCUT2D eigenvalue weighted by atomic mass is 16.5. The second-order valence-corrected chi connectivity index (χ2v) is 5.30. The molecule has 0 aromatic heterocycles. The lowest BCUT2D eigenvalue weighted by Crippen LogP contribution is -2.24. The van der Waals surface area contributed by atoms with Crippen LogP contribution in [0.25, 0.3) is 6.08 Å². The molecule has 0 fully saturated rings. The molecular formula is C19H18N2O2. The molecule has 0 saturated heterocycles. The standard InChI is InChI=1S/C19H18N2O2/c1-23-16-9-5-8-15(12-16)13-17-19(22)21-18(20-17)11-10-14-6-3-2-4-7-14/h2-9,12-13H,10-11H2,1H3,(H,20,21,22)/b17-13+. The van der Waals surface area contributed by atoms with Gasteiger partial charge in [0.05, 0.1) is 7.11 Å². The van der Waals surface area contributed by atoms with Gasteiger partial charge in [0.15, 0.2) is 0 Å². The molecule has 1 aliphatic rings. The van der Waals surface area contributed by atoms with Crippen LogP contribution in [0.3, 0.4) is 0 Å². The summed E-state index contributed by atoms with van der Waals surface area (Å²) >= 11 is 0. The molecule has 116 valence electrons. The zero-order valence-corrected chi connectivity index (χ0v) is 13.0. The van der Waals surface area contributed by atoms with Gasteiger partial charge in [-0.3, -0.25) is 4.79 Å². The van der Waals surface area contributed by atoms with Gasteiger partial charge in [-0.2, -0.15) is 0 Å². The second kappa shape index (κ2) is 6.92. The molecule has 23 heavy (non-hydrogen) atoms. The van der Waals surface area contributed by atoms with Crippen LogP contribution >= 0.6 is 0 Å². The summed E-state index contributed by atoms with van der Waals surface area (Å²) in [5, 5.41) is 2.83. The molecule has 2 aromatic carbocycles. The normalized spacial score (nSPS) is 15.4. The van der Waals surface area contributed by atoms with Crippen LogP contribution in [0.15, 0.2) is 65.3 Å². The van der Waals surface area contributed by atoms with Gasteiger partial charge in [0.25, 0.3) is 5.91 Å². The second-order valence-electron chi connectivity index (χ2n) is 5.30. The number of hydrogen-bond donors (Lipinski definition) is 1. The fourth-order valence-electron chi connectivity index (χ4n) is 2.43. The molecule has 0 saturated carbocycles. The van der Waals surface area contributed by atoms with Gasteiger partial charge < -0.3 is 10.1 Å². The molecule has 0 aliphatic carbocycles. The molecule has 0 radical (unpaired) electrons. The topological polar surface area (TPSA) is 50.7 Å². The van der Waals surface area contributed by atoms with E-state index in [-0.39, 0.29) is 5.91 Å². The molecule has 0 atom stereocenters. The number of hydrogen-bond acceptors (Lipinski definition) is 3. The lowest BCUT2D eigenvalue weighted by Gasteiger charge is -2.00. The van der Waals surface area contributed by atoms with Gasteiger partial charge in [-0.05, 0) is 35.8 Å². The summed E-state index contributed by atoms with van der Waals surface area (Å²) in [5.74, 6) is 1.31. The van der Waals surface area contributed by atoms with Crippen LogP contribution < -0.4 is 10.1 Å². The Morgan fingerprint density at radius 3 is 2.70 bits per heavy atom. The van der Waals surface area contributed by atoms with Gasteiger partial charge in [-0.1, -0.05) is 42.5 Å². The number of benzene rings is 2. The Morgan fingerprint density at radius 1 is 1.09 bits per heavy atom. The summed E-state index contributed by atoms with van der Waals surface area (Å²) in [6.07, 6.45) is 3.34. The first kappa shape index (κ1) is 15.0. The molecule has 1 heterocycles. The Morgan fingerprint density at radius 2 is 1.91 bits per heavy atom. The van der Waals surface area contributed by atoms with E-state index in [0.29, 0.717) is 18.0 Å². The van der Waals surface area contributed by atoms with Crippen molar-refractivity contribution in [3.05, 3.63) is 71.4 Å². The molecular weight excluding hydrogens is 288 g/mol. The van der Waals surface area contributed by atoms with E-state index in [1.54, 1.807) is 13.2 Å². The predicted molar refractivity (Wildman–Crippen MR) is 91.3 cm³/mol. The zero-order chi connectivity index (χ0) is 16.1. The maximum Gasteiger partial charge on any atom is 0.275 e. The van der Waals surface area contributed by atoms with Crippen molar-refractivity contribution in [3.63, 3.8) is 0 Å². The number of ether oxygens (including phenoxy) is 1. The van der Waals surface area contributed by atoms with E-state index in [1.165, 1.54) is 5.56 Å². The van der Waals surface area contributed by atoms with E-state index < -0.39 is 0 Å². The van der Waals surface area contributed by atoms with E-state index in [9.17, 15) is 4.79 Å². The third-order valence-corrected chi connectivity index (χ3v) is 3.64. The quantitative estimate of drug-likeness (QED) is 0.862. The Balaban J connectivity index is 1.71. The molecule has 3 rings (SSSR count). The molecule has 1 N–H and O–H groups in total. The molecule has 2 aromatic rings. The smallest absolute Gasteiger partial charge is 0.275 e. The summed E-state index contributed by atoms with van der Waals surface area (Å²) in [7, 11) is 1.62. The van der Waals surface area contributed by atoms with Crippen LogP contribution in [0.2, 0.25) is 0 Å². The van der Waals surface area contributed by atoms with Crippen molar-refractivity contribution in [2.45, 2.75) is 12.8 Å². The van der Waals surface area contributed by atoms with Gasteiger partial charge in [-0.15, -0.1) is 0 Å². The largest absolute Gasteiger partial charge is 0.497 e. The lowest BCUT2D eigenvalue weighted by molar-refractivity contribution is -0.115. The van der Waals surface area contributed by atoms with Crippen LogP contribution in [-0.2, 0) is 11.2 Å². The SMILES string of the molecule is COc1cccc(/C=C2/N=C(CCc3ccccc3)NC2=O)c1. The molecule has 4 heteroatoms.